The van der Waals surface area contributed by atoms with Crippen LogP contribution in [0.15, 0.2) is 36.8 Å². The minimum absolute atomic E-state index is 0.0608. The van der Waals surface area contributed by atoms with Gasteiger partial charge in [-0.2, -0.15) is 0 Å². The fourth-order valence-corrected chi connectivity index (χ4v) is 4.84. The third-order valence-electron chi connectivity index (χ3n) is 7.38. The van der Waals surface area contributed by atoms with Crippen molar-refractivity contribution < 1.29 is 24.5 Å². The molecule has 1 fully saturated rings. The average molecular weight is 521 g/mol. The molecule has 202 valence electrons. The first kappa shape index (κ1) is 27.6. The Kier molecular flexibility index (Phi) is 8.65. The zero-order valence-corrected chi connectivity index (χ0v) is 22.3. The summed E-state index contributed by atoms with van der Waals surface area (Å²) in [5.41, 5.74) is 0.626. The number of likely N-dealkylation sites (N-methyl/N-ethyl adjacent to an activating group) is 1. The summed E-state index contributed by atoms with van der Waals surface area (Å²) in [5.74, 6) is 5.60. The molecular formula is C29H36N4O5. The number of fused-ring (bicyclic) bond motifs is 1. The lowest BCUT2D eigenvalue weighted by Crippen LogP contribution is -2.50. The van der Waals surface area contributed by atoms with Crippen LogP contribution in [-0.2, 0) is 11.2 Å². The van der Waals surface area contributed by atoms with Crippen molar-refractivity contribution in [2.45, 2.75) is 63.7 Å². The normalized spacial score (nSPS) is 21.3. The van der Waals surface area contributed by atoms with E-state index in [1.54, 1.807) is 48.4 Å². The van der Waals surface area contributed by atoms with Crippen molar-refractivity contribution >= 4 is 11.8 Å². The molecule has 9 nitrogen and oxygen atoms in total. The number of aliphatic hydroxyl groups is 2. The molecule has 9 heteroatoms. The van der Waals surface area contributed by atoms with Gasteiger partial charge in [-0.15, -0.1) is 0 Å². The number of aromatic nitrogens is 2. The zero-order chi connectivity index (χ0) is 27.3. The van der Waals surface area contributed by atoms with E-state index in [1.807, 2.05) is 19.1 Å². The Morgan fingerprint density at radius 1 is 1.32 bits per heavy atom. The van der Waals surface area contributed by atoms with E-state index in [9.17, 15) is 19.8 Å². The first-order valence-corrected chi connectivity index (χ1v) is 13.2. The van der Waals surface area contributed by atoms with E-state index in [4.69, 9.17) is 4.74 Å². The van der Waals surface area contributed by atoms with Crippen molar-refractivity contribution in [1.82, 2.24) is 19.8 Å². The third-order valence-corrected chi connectivity index (χ3v) is 7.38. The largest absolute Gasteiger partial charge is 0.472 e. The van der Waals surface area contributed by atoms with E-state index in [1.165, 1.54) is 0 Å². The fourth-order valence-electron chi connectivity index (χ4n) is 4.84. The molecule has 4 rings (SSSR count). The number of carbonyl (C=O) groups excluding carboxylic acids is 2. The molecule has 3 atom stereocenters. The van der Waals surface area contributed by atoms with Crippen molar-refractivity contribution in [3.8, 4) is 17.7 Å². The van der Waals surface area contributed by atoms with Crippen molar-refractivity contribution in [2.24, 2.45) is 5.92 Å². The Labute approximate surface area is 223 Å². The standard InChI is InChI=1S/C29H36N4O5/c1-20-17-33(21(2)19-34)28(36)24-14-23(6-11-29(37)9-4-5-10-29)16-31-27(24)38-25(20)18-32(3)26(35)15-22-7-12-30-13-8-22/h7-8,12-14,16,20-21,25,34,37H,4-5,9-10,15,17-19H2,1-3H3/t20-,21-,25+/m1/s1. The lowest BCUT2D eigenvalue weighted by molar-refractivity contribution is -0.130. The van der Waals surface area contributed by atoms with Crippen LogP contribution in [0.2, 0.25) is 0 Å². The summed E-state index contributed by atoms with van der Waals surface area (Å²) in [6.07, 6.45) is 7.81. The van der Waals surface area contributed by atoms with Gasteiger partial charge in [0.2, 0.25) is 11.8 Å². The average Bonchev–Trinajstić information content (AvgIpc) is 3.36. The lowest BCUT2D eigenvalue weighted by atomic mass is 9.99. The molecule has 2 aromatic heterocycles. The number of ether oxygens (including phenoxy) is 1. The molecule has 38 heavy (non-hydrogen) atoms. The number of rotatable bonds is 6. The Morgan fingerprint density at radius 2 is 2.03 bits per heavy atom. The molecule has 1 aliphatic heterocycles. The fraction of sp³-hybridized carbons (Fsp3) is 0.517. The van der Waals surface area contributed by atoms with E-state index in [2.05, 4.69) is 21.8 Å². The number of pyridine rings is 2. The van der Waals surface area contributed by atoms with E-state index in [0.717, 1.165) is 18.4 Å². The molecule has 0 aromatic carbocycles. The van der Waals surface area contributed by atoms with Crippen molar-refractivity contribution in [1.29, 1.82) is 0 Å². The van der Waals surface area contributed by atoms with Crippen LogP contribution >= 0.6 is 0 Å². The minimum Gasteiger partial charge on any atom is -0.472 e. The molecule has 2 N–H and O–H groups in total. The highest BCUT2D eigenvalue weighted by atomic mass is 16.5. The number of aliphatic hydroxyl groups excluding tert-OH is 1. The van der Waals surface area contributed by atoms with Crippen LogP contribution in [0, 0.1) is 17.8 Å². The summed E-state index contributed by atoms with van der Waals surface area (Å²) in [5, 5.41) is 20.5. The van der Waals surface area contributed by atoms with Gasteiger partial charge in [0.15, 0.2) is 0 Å². The van der Waals surface area contributed by atoms with Gasteiger partial charge < -0.3 is 24.7 Å². The highest BCUT2D eigenvalue weighted by Crippen LogP contribution is 2.30. The smallest absolute Gasteiger partial charge is 0.259 e. The summed E-state index contributed by atoms with van der Waals surface area (Å²) in [6, 6.07) is 4.84. The Hall–Kier alpha value is -3.48. The maximum absolute atomic E-state index is 13.6. The van der Waals surface area contributed by atoms with Gasteiger partial charge in [-0.25, -0.2) is 4.98 Å². The van der Waals surface area contributed by atoms with E-state index in [0.29, 0.717) is 31.5 Å². The summed E-state index contributed by atoms with van der Waals surface area (Å²) in [4.78, 5) is 38.2. The predicted molar refractivity (Wildman–Crippen MR) is 141 cm³/mol. The summed E-state index contributed by atoms with van der Waals surface area (Å²) in [7, 11) is 1.73. The Balaban J connectivity index is 1.60. The predicted octanol–water partition coefficient (Wildman–Crippen LogP) is 2.05. The summed E-state index contributed by atoms with van der Waals surface area (Å²) >= 11 is 0. The second kappa shape index (κ2) is 11.9. The third kappa shape index (κ3) is 6.50. The molecule has 1 aliphatic carbocycles. The SMILES string of the molecule is C[C@@H]1CN([C@H](C)CO)C(=O)c2cc(C#CC3(O)CCCC3)cnc2O[C@H]1CN(C)C(=O)Cc1ccncc1. The molecule has 0 unspecified atom stereocenters. The van der Waals surface area contributed by atoms with E-state index < -0.39 is 17.7 Å². The molecule has 0 bridgehead atoms. The van der Waals surface area contributed by atoms with Crippen LogP contribution < -0.4 is 4.74 Å². The van der Waals surface area contributed by atoms with Gasteiger partial charge in [0.25, 0.3) is 5.91 Å². The van der Waals surface area contributed by atoms with E-state index in [-0.39, 0.29) is 42.2 Å². The quantitative estimate of drug-likeness (QED) is 0.560. The monoisotopic (exact) mass is 520 g/mol. The lowest BCUT2D eigenvalue weighted by Gasteiger charge is -2.37. The van der Waals surface area contributed by atoms with Crippen molar-refractivity contribution in [3.63, 3.8) is 0 Å². The van der Waals surface area contributed by atoms with Crippen molar-refractivity contribution in [3.05, 3.63) is 53.5 Å². The maximum atomic E-state index is 13.6. The molecule has 0 saturated heterocycles. The molecule has 2 aliphatic rings. The first-order valence-electron chi connectivity index (χ1n) is 13.2. The number of carbonyl (C=O) groups is 2. The van der Waals surface area contributed by atoms with Gasteiger partial charge in [-0.05, 0) is 56.4 Å². The van der Waals surface area contributed by atoms with Gasteiger partial charge >= 0.3 is 0 Å². The molecule has 2 amide bonds. The Bertz CT molecular complexity index is 1200. The Morgan fingerprint density at radius 3 is 2.71 bits per heavy atom. The first-order chi connectivity index (χ1) is 18.2. The topological polar surface area (TPSA) is 116 Å². The van der Waals surface area contributed by atoms with Gasteiger partial charge in [-0.1, -0.05) is 18.8 Å². The van der Waals surface area contributed by atoms with Gasteiger partial charge in [-0.3, -0.25) is 14.6 Å². The number of amides is 2. The zero-order valence-electron chi connectivity index (χ0n) is 22.3. The van der Waals surface area contributed by atoms with Crippen LogP contribution in [-0.4, -0.2) is 86.3 Å². The van der Waals surface area contributed by atoms with Crippen molar-refractivity contribution in [2.75, 3.05) is 26.7 Å². The van der Waals surface area contributed by atoms with Crippen LogP contribution in [0.5, 0.6) is 5.88 Å². The molecular weight excluding hydrogens is 484 g/mol. The summed E-state index contributed by atoms with van der Waals surface area (Å²) in [6.45, 7) is 4.20. The molecule has 3 heterocycles. The summed E-state index contributed by atoms with van der Waals surface area (Å²) < 4.78 is 6.28. The van der Waals surface area contributed by atoms with Crippen LogP contribution in [0.3, 0.4) is 0 Å². The minimum atomic E-state index is -1.00. The number of nitrogens with zero attached hydrogens (tertiary/aromatic N) is 4. The highest BCUT2D eigenvalue weighted by molar-refractivity contribution is 5.97. The van der Waals surface area contributed by atoms with E-state index >= 15 is 0 Å². The second-order valence-corrected chi connectivity index (χ2v) is 10.5. The van der Waals surface area contributed by atoms with Crippen LogP contribution in [0.25, 0.3) is 0 Å². The molecule has 1 saturated carbocycles. The van der Waals surface area contributed by atoms with Gasteiger partial charge in [0, 0.05) is 43.7 Å². The van der Waals surface area contributed by atoms with Crippen LogP contribution in [0.4, 0.5) is 0 Å². The molecule has 2 aromatic rings. The number of hydrogen-bond acceptors (Lipinski definition) is 7. The maximum Gasteiger partial charge on any atom is 0.259 e. The number of hydrogen-bond donors (Lipinski definition) is 2. The highest BCUT2D eigenvalue weighted by Gasteiger charge is 2.35. The van der Waals surface area contributed by atoms with Gasteiger partial charge in [0.1, 0.15) is 17.3 Å². The van der Waals surface area contributed by atoms with Gasteiger partial charge in [0.05, 0.1) is 25.6 Å². The molecule has 0 spiro atoms. The second-order valence-electron chi connectivity index (χ2n) is 10.5. The van der Waals surface area contributed by atoms with Crippen LogP contribution in [0.1, 0.15) is 61.0 Å². The molecule has 0 radical (unpaired) electrons.